The third kappa shape index (κ3) is 3.40. The van der Waals surface area contributed by atoms with E-state index >= 15 is 0 Å². The van der Waals surface area contributed by atoms with Gasteiger partial charge >= 0.3 is 5.69 Å². The lowest BCUT2D eigenvalue weighted by molar-refractivity contribution is 0.102. The van der Waals surface area contributed by atoms with Gasteiger partial charge in [0.05, 0.1) is 11.3 Å². The van der Waals surface area contributed by atoms with E-state index in [0.29, 0.717) is 5.56 Å². The van der Waals surface area contributed by atoms with E-state index in [-0.39, 0.29) is 34.3 Å². The highest BCUT2D eigenvalue weighted by molar-refractivity contribution is 7.99. The van der Waals surface area contributed by atoms with E-state index in [0.717, 1.165) is 24.6 Å². The number of carbonyl (C=O) groups is 1. The zero-order valence-corrected chi connectivity index (χ0v) is 14.7. The molecular formula is C16H14N6O4S. The fourth-order valence-electron chi connectivity index (χ4n) is 2.60. The van der Waals surface area contributed by atoms with Crippen molar-refractivity contribution in [3.05, 3.63) is 50.9 Å². The molecule has 3 aromatic heterocycles. The number of H-pyrrole nitrogens is 1. The zero-order valence-electron chi connectivity index (χ0n) is 13.9. The minimum Gasteiger partial charge on any atom is -0.411 e. The van der Waals surface area contributed by atoms with E-state index in [9.17, 15) is 14.4 Å². The molecular weight excluding hydrogens is 372 g/mol. The van der Waals surface area contributed by atoms with E-state index in [1.807, 2.05) is 0 Å². The van der Waals surface area contributed by atoms with Gasteiger partial charge in [-0.1, -0.05) is 11.8 Å². The lowest BCUT2D eigenvalue weighted by atomic mass is 10.2. The van der Waals surface area contributed by atoms with Crippen molar-refractivity contribution in [1.29, 1.82) is 0 Å². The lowest BCUT2D eigenvalue weighted by Crippen LogP contribution is -2.36. The predicted molar refractivity (Wildman–Crippen MR) is 96.6 cm³/mol. The number of ketones is 1. The Labute approximate surface area is 155 Å². The second-order valence-corrected chi connectivity index (χ2v) is 6.87. The summed E-state index contributed by atoms with van der Waals surface area (Å²) in [4.78, 5) is 42.6. The van der Waals surface area contributed by atoms with Gasteiger partial charge in [-0.15, -0.1) is 10.2 Å². The summed E-state index contributed by atoms with van der Waals surface area (Å²) in [6, 6.07) is 3.44. The molecule has 0 bridgehead atoms. The molecule has 0 atom stereocenters. The van der Waals surface area contributed by atoms with Crippen LogP contribution >= 0.6 is 11.8 Å². The molecule has 0 amide bonds. The van der Waals surface area contributed by atoms with Gasteiger partial charge in [-0.3, -0.25) is 24.1 Å². The maximum Gasteiger partial charge on any atom is 0.330 e. The largest absolute Gasteiger partial charge is 0.411 e. The first-order chi connectivity index (χ1) is 13.0. The van der Waals surface area contributed by atoms with Crippen LogP contribution in [0.3, 0.4) is 0 Å². The normalized spacial score (nSPS) is 13.6. The average Bonchev–Trinajstić information content (AvgIpc) is 3.36. The highest BCUT2D eigenvalue weighted by atomic mass is 32.2. The van der Waals surface area contributed by atoms with Crippen molar-refractivity contribution in [3.8, 4) is 11.5 Å². The Hall–Kier alpha value is -3.21. The van der Waals surface area contributed by atoms with E-state index in [1.165, 1.54) is 4.57 Å². The molecule has 1 saturated carbocycles. The molecule has 10 nitrogen and oxygen atoms in total. The zero-order chi connectivity index (χ0) is 19.0. The average molecular weight is 386 g/mol. The van der Waals surface area contributed by atoms with Gasteiger partial charge in [0.25, 0.3) is 10.8 Å². The van der Waals surface area contributed by atoms with Crippen molar-refractivity contribution >= 4 is 23.4 Å². The quantitative estimate of drug-likeness (QED) is 0.464. The van der Waals surface area contributed by atoms with E-state index < -0.39 is 17.0 Å². The molecule has 1 fully saturated rings. The molecule has 4 rings (SSSR count). The first-order valence-electron chi connectivity index (χ1n) is 8.09. The van der Waals surface area contributed by atoms with Crippen molar-refractivity contribution in [2.24, 2.45) is 0 Å². The van der Waals surface area contributed by atoms with Gasteiger partial charge in [0, 0.05) is 18.4 Å². The molecule has 0 spiro atoms. The molecule has 138 valence electrons. The standard InChI is InChI=1S/C16H14N6O4S/c17-12-11(13(24)19-15(25)22(12)9-3-4-9)10(23)7-27-16-21-20-14(26-16)8-2-1-5-18-6-8/h1-2,5-6,9H,3-4,7,17H2,(H,19,24,25). The predicted octanol–water partition coefficient (Wildman–Crippen LogP) is 0.874. The van der Waals surface area contributed by atoms with Gasteiger partial charge in [-0.2, -0.15) is 0 Å². The number of aromatic amines is 1. The van der Waals surface area contributed by atoms with Crippen LogP contribution in [0.5, 0.6) is 0 Å². The number of nitrogens with two attached hydrogens (primary N) is 1. The fraction of sp³-hybridized carbons (Fsp3) is 0.250. The van der Waals surface area contributed by atoms with Crippen molar-refractivity contribution in [3.63, 3.8) is 0 Å². The van der Waals surface area contributed by atoms with E-state index in [2.05, 4.69) is 20.2 Å². The Morgan fingerprint density at radius 1 is 1.37 bits per heavy atom. The molecule has 3 aromatic rings. The number of thioether (sulfide) groups is 1. The van der Waals surface area contributed by atoms with Crippen LogP contribution in [-0.2, 0) is 0 Å². The number of aromatic nitrogens is 5. The molecule has 1 aliphatic rings. The van der Waals surface area contributed by atoms with Crippen molar-refractivity contribution < 1.29 is 9.21 Å². The third-order valence-electron chi connectivity index (χ3n) is 4.01. The summed E-state index contributed by atoms with van der Waals surface area (Å²) in [5.74, 6) is -0.476. The fourth-order valence-corrected chi connectivity index (χ4v) is 3.24. The summed E-state index contributed by atoms with van der Waals surface area (Å²) in [7, 11) is 0. The first-order valence-corrected chi connectivity index (χ1v) is 9.07. The smallest absolute Gasteiger partial charge is 0.330 e. The number of nitrogens with zero attached hydrogens (tertiary/aromatic N) is 4. The molecule has 3 heterocycles. The summed E-state index contributed by atoms with van der Waals surface area (Å²) in [5, 5.41) is 7.94. The minimum atomic E-state index is -0.790. The number of Topliss-reactive ketones (excluding diaryl/α,β-unsaturated/α-hetero) is 1. The molecule has 0 radical (unpaired) electrons. The number of hydrogen-bond acceptors (Lipinski definition) is 9. The Morgan fingerprint density at radius 2 is 2.19 bits per heavy atom. The van der Waals surface area contributed by atoms with Gasteiger partial charge in [0.15, 0.2) is 5.78 Å². The second-order valence-electron chi connectivity index (χ2n) is 5.95. The summed E-state index contributed by atoms with van der Waals surface area (Å²) < 4.78 is 6.75. The molecule has 11 heteroatoms. The van der Waals surface area contributed by atoms with Crippen LogP contribution in [0, 0.1) is 0 Å². The summed E-state index contributed by atoms with van der Waals surface area (Å²) in [5.41, 5.74) is 4.98. The number of carbonyl (C=O) groups excluding carboxylic acids is 1. The van der Waals surface area contributed by atoms with Gasteiger partial charge < -0.3 is 10.2 Å². The Morgan fingerprint density at radius 3 is 2.89 bits per heavy atom. The van der Waals surface area contributed by atoms with Crippen LogP contribution in [0.4, 0.5) is 5.82 Å². The number of anilines is 1. The van der Waals surface area contributed by atoms with Crippen molar-refractivity contribution in [2.45, 2.75) is 24.1 Å². The lowest BCUT2D eigenvalue weighted by Gasteiger charge is -2.10. The molecule has 0 aromatic carbocycles. The number of pyridine rings is 1. The van der Waals surface area contributed by atoms with E-state index in [1.54, 1.807) is 24.5 Å². The maximum atomic E-state index is 12.5. The first kappa shape index (κ1) is 17.2. The Kier molecular flexibility index (Phi) is 4.36. The van der Waals surface area contributed by atoms with Crippen LogP contribution < -0.4 is 17.0 Å². The topological polar surface area (TPSA) is 150 Å². The van der Waals surface area contributed by atoms with Crippen LogP contribution in [0.15, 0.2) is 43.8 Å². The Balaban J connectivity index is 1.52. The third-order valence-corrected chi connectivity index (χ3v) is 4.83. The number of rotatable bonds is 6. The molecule has 27 heavy (non-hydrogen) atoms. The van der Waals surface area contributed by atoms with Crippen molar-refractivity contribution in [1.82, 2.24) is 24.7 Å². The van der Waals surface area contributed by atoms with Gasteiger partial charge in [-0.25, -0.2) is 4.79 Å². The SMILES string of the molecule is Nc1c(C(=O)CSc2nnc(-c3cccnc3)o2)c(=O)[nH]c(=O)n1C1CC1. The highest BCUT2D eigenvalue weighted by Crippen LogP contribution is 2.35. The molecule has 0 unspecified atom stereocenters. The van der Waals surface area contributed by atoms with Gasteiger partial charge in [0.2, 0.25) is 5.89 Å². The Bertz CT molecular complexity index is 1120. The van der Waals surface area contributed by atoms with Gasteiger partial charge in [0.1, 0.15) is 11.4 Å². The minimum absolute atomic E-state index is 0.0634. The maximum absolute atomic E-state index is 12.5. The second kappa shape index (κ2) is 6.83. The molecule has 3 N–H and O–H groups in total. The van der Waals surface area contributed by atoms with E-state index in [4.69, 9.17) is 10.2 Å². The number of hydrogen-bond donors (Lipinski definition) is 2. The summed E-state index contributed by atoms with van der Waals surface area (Å²) in [6.07, 6.45) is 4.78. The van der Waals surface area contributed by atoms with Gasteiger partial charge in [-0.05, 0) is 25.0 Å². The highest BCUT2D eigenvalue weighted by Gasteiger charge is 2.30. The van der Waals surface area contributed by atoms with Crippen LogP contribution in [0.25, 0.3) is 11.5 Å². The van der Waals surface area contributed by atoms with Crippen LogP contribution in [0.1, 0.15) is 29.2 Å². The summed E-state index contributed by atoms with van der Waals surface area (Å²) in [6.45, 7) is 0. The molecule has 1 aliphatic carbocycles. The van der Waals surface area contributed by atoms with Crippen LogP contribution in [-0.4, -0.2) is 36.3 Å². The van der Waals surface area contributed by atoms with Crippen molar-refractivity contribution in [2.75, 3.05) is 11.5 Å². The summed E-state index contributed by atoms with van der Waals surface area (Å²) >= 11 is 0.984. The number of nitrogen functional groups attached to an aromatic ring is 1. The molecule has 0 saturated heterocycles. The monoisotopic (exact) mass is 386 g/mol. The van der Waals surface area contributed by atoms with Crippen LogP contribution in [0.2, 0.25) is 0 Å². The number of nitrogens with one attached hydrogen (secondary N) is 1. The molecule has 0 aliphatic heterocycles.